The standard InChI is InChI=1S/C14H17BrN4/c1-9-13(16-3)17-8-18-14(9)19-10(2)11-5-4-6-12(15)7-11/h4-8,10H,1-3H3,(H2,16,17,18,19). The summed E-state index contributed by atoms with van der Waals surface area (Å²) in [4.78, 5) is 8.48. The maximum atomic E-state index is 4.30. The van der Waals surface area contributed by atoms with Crippen molar-refractivity contribution in [3.8, 4) is 0 Å². The monoisotopic (exact) mass is 320 g/mol. The van der Waals surface area contributed by atoms with E-state index in [0.717, 1.165) is 21.7 Å². The van der Waals surface area contributed by atoms with Crippen molar-refractivity contribution in [3.63, 3.8) is 0 Å². The van der Waals surface area contributed by atoms with Crippen LogP contribution in [0.4, 0.5) is 11.6 Å². The topological polar surface area (TPSA) is 49.8 Å². The van der Waals surface area contributed by atoms with Gasteiger partial charge in [-0.05, 0) is 31.5 Å². The number of hydrogen-bond acceptors (Lipinski definition) is 4. The van der Waals surface area contributed by atoms with E-state index < -0.39 is 0 Å². The molecular weight excluding hydrogens is 304 g/mol. The summed E-state index contributed by atoms with van der Waals surface area (Å²) in [6, 6.07) is 8.43. The van der Waals surface area contributed by atoms with Gasteiger partial charge >= 0.3 is 0 Å². The number of anilines is 2. The predicted molar refractivity (Wildman–Crippen MR) is 82.5 cm³/mol. The highest BCUT2D eigenvalue weighted by molar-refractivity contribution is 9.10. The van der Waals surface area contributed by atoms with Crippen LogP contribution in [0.15, 0.2) is 35.1 Å². The molecule has 19 heavy (non-hydrogen) atoms. The van der Waals surface area contributed by atoms with Crippen LogP contribution in [0.25, 0.3) is 0 Å². The average molecular weight is 321 g/mol. The van der Waals surface area contributed by atoms with Crippen LogP contribution < -0.4 is 10.6 Å². The normalized spacial score (nSPS) is 12.0. The Morgan fingerprint density at radius 3 is 2.63 bits per heavy atom. The second-order valence-electron chi connectivity index (χ2n) is 4.37. The molecule has 0 saturated carbocycles. The van der Waals surface area contributed by atoms with Gasteiger partial charge in [-0.2, -0.15) is 0 Å². The Hall–Kier alpha value is -1.62. The summed E-state index contributed by atoms with van der Waals surface area (Å²) >= 11 is 3.49. The van der Waals surface area contributed by atoms with Crippen molar-refractivity contribution >= 4 is 27.6 Å². The van der Waals surface area contributed by atoms with E-state index in [9.17, 15) is 0 Å². The van der Waals surface area contributed by atoms with Gasteiger partial charge in [-0.15, -0.1) is 0 Å². The molecule has 2 aromatic rings. The second kappa shape index (κ2) is 6.02. The maximum absolute atomic E-state index is 4.30. The Balaban J connectivity index is 2.21. The van der Waals surface area contributed by atoms with Crippen molar-refractivity contribution in [3.05, 3.63) is 46.2 Å². The van der Waals surface area contributed by atoms with Crippen molar-refractivity contribution in [1.29, 1.82) is 0 Å². The van der Waals surface area contributed by atoms with Crippen LogP contribution >= 0.6 is 15.9 Å². The van der Waals surface area contributed by atoms with Crippen molar-refractivity contribution in [1.82, 2.24) is 9.97 Å². The molecule has 5 heteroatoms. The van der Waals surface area contributed by atoms with E-state index in [2.05, 4.69) is 55.6 Å². The van der Waals surface area contributed by atoms with Crippen LogP contribution in [0, 0.1) is 6.92 Å². The van der Waals surface area contributed by atoms with E-state index in [0.29, 0.717) is 0 Å². The molecule has 1 atom stereocenters. The average Bonchev–Trinajstić information content (AvgIpc) is 2.41. The minimum absolute atomic E-state index is 0.177. The van der Waals surface area contributed by atoms with E-state index in [1.165, 1.54) is 5.56 Å². The fraction of sp³-hybridized carbons (Fsp3) is 0.286. The quantitative estimate of drug-likeness (QED) is 0.900. The number of hydrogen-bond donors (Lipinski definition) is 2. The van der Waals surface area contributed by atoms with Crippen LogP contribution in [0.5, 0.6) is 0 Å². The molecule has 1 aromatic heterocycles. The molecule has 0 saturated heterocycles. The number of aromatic nitrogens is 2. The number of nitrogens with one attached hydrogen (secondary N) is 2. The molecule has 1 aromatic carbocycles. The molecule has 2 rings (SSSR count). The molecule has 0 spiro atoms. The van der Waals surface area contributed by atoms with E-state index in [1.807, 2.05) is 26.1 Å². The number of nitrogens with zero attached hydrogens (tertiary/aromatic N) is 2. The Bertz CT molecular complexity index is 571. The molecule has 0 aliphatic rings. The third-order valence-electron chi connectivity index (χ3n) is 3.02. The van der Waals surface area contributed by atoms with E-state index in [1.54, 1.807) is 6.33 Å². The first-order valence-corrected chi connectivity index (χ1v) is 6.92. The van der Waals surface area contributed by atoms with Gasteiger partial charge < -0.3 is 10.6 Å². The highest BCUT2D eigenvalue weighted by Gasteiger charge is 2.10. The van der Waals surface area contributed by atoms with Gasteiger partial charge in [-0.25, -0.2) is 9.97 Å². The summed E-state index contributed by atoms with van der Waals surface area (Å²) in [6.07, 6.45) is 1.56. The van der Waals surface area contributed by atoms with Gasteiger partial charge in [0, 0.05) is 23.1 Å². The van der Waals surface area contributed by atoms with Gasteiger partial charge in [0.15, 0.2) is 0 Å². The maximum Gasteiger partial charge on any atom is 0.134 e. The molecule has 1 heterocycles. The number of benzene rings is 1. The zero-order chi connectivity index (χ0) is 13.8. The Labute approximate surface area is 121 Å². The third-order valence-corrected chi connectivity index (χ3v) is 3.52. The van der Waals surface area contributed by atoms with Gasteiger partial charge in [0.05, 0.1) is 0 Å². The summed E-state index contributed by atoms with van der Waals surface area (Å²) in [6.45, 7) is 4.12. The highest BCUT2D eigenvalue weighted by Crippen LogP contribution is 2.24. The zero-order valence-electron chi connectivity index (χ0n) is 11.2. The Morgan fingerprint density at radius 1 is 1.21 bits per heavy atom. The predicted octanol–water partition coefficient (Wildman–Crippen LogP) is 3.76. The molecule has 4 nitrogen and oxygen atoms in total. The Morgan fingerprint density at radius 2 is 1.95 bits per heavy atom. The molecule has 0 amide bonds. The first-order valence-electron chi connectivity index (χ1n) is 6.13. The van der Waals surface area contributed by atoms with Crippen molar-refractivity contribution in [2.45, 2.75) is 19.9 Å². The third kappa shape index (κ3) is 3.23. The van der Waals surface area contributed by atoms with Crippen LogP contribution in [-0.2, 0) is 0 Å². The minimum atomic E-state index is 0.177. The molecule has 0 aliphatic carbocycles. The van der Waals surface area contributed by atoms with Gasteiger partial charge in [-0.3, -0.25) is 0 Å². The fourth-order valence-corrected chi connectivity index (χ4v) is 2.33. The van der Waals surface area contributed by atoms with E-state index in [4.69, 9.17) is 0 Å². The van der Waals surface area contributed by atoms with Crippen molar-refractivity contribution < 1.29 is 0 Å². The van der Waals surface area contributed by atoms with E-state index in [-0.39, 0.29) is 6.04 Å². The summed E-state index contributed by atoms with van der Waals surface area (Å²) in [5.74, 6) is 1.70. The lowest BCUT2D eigenvalue weighted by atomic mass is 10.1. The molecule has 100 valence electrons. The molecule has 0 fully saturated rings. The fourth-order valence-electron chi connectivity index (χ4n) is 1.91. The van der Waals surface area contributed by atoms with Crippen LogP contribution in [0.1, 0.15) is 24.1 Å². The minimum Gasteiger partial charge on any atom is -0.373 e. The van der Waals surface area contributed by atoms with Gasteiger partial charge in [0.2, 0.25) is 0 Å². The lowest BCUT2D eigenvalue weighted by Gasteiger charge is -2.17. The first kappa shape index (κ1) is 13.8. The zero-order valence-corrected chi connectivity index (χ0v) is 12.8. The Kier molecular flexibility index (Phi) is 4.37. The summed E-state index contributed by atoms with van der Waals surface area (Å²) < 4.78 is 1.08. The van der Waals surface area contributed by atoms with Crippen molar-refractivity contribution in [2.24, 2.45) is 0 Å². The van der Waals surface area contributed by atoms with Gasteiger partial charge in [0.25, 0.3) is 0 Å². The van der Waals surface area contributed by atoms with Crippen molar-refractivity contribution in [2.75, 3.05) is 17.7 Å². The molecule has 2 N–H and O–H groups in total. The first-order chi connectivity index (χ1) is 9.11. The summed E-state index contributed by atoms with van der Waals surface area (Å²) in [7, 11) is 1.86. The number of rotatable bonds is 4. The molecular formula is C14H17BrN4. The molecule has 1 unspecified atom stereocenters. The van der Waals surface area contributed by atoms with Crippen LogP contribution in [-0.4, -0.2) is 17.0 Å². The SMILES string of the molecule is CNc1ncnc(NC(C)c2cccc(Br)c2)c1C. The smallest absolute Gasteiger partial charge is 0.134 e. The highest BCUT2D eigenvalue weighted by atomic mass is 79.9. The largest absolute Gasteiger partial charge is 0.373 e. The van der Waals surface area contributed by atoms with E-state index >= 15 is 0 Å². The molecule has 0 aliphatic heterocycles. The summed E-state index contributed by atoms with van der Waals surface area (Å²) in [5.41, 5.74) is 2.23. The lowest BCUT2D eigenvalue weighted by Crippen LogP contribution is -2.10. The van der Waals surface area contributed by atoms with Crippen LogP contribution in [0.2, 0.25) is 0 Å². The van der Waals surface area contributed by atoms with Gasteiger partial charge in [0.1, 0.15) is 18.0 Å². The second-order valence-corrected chi connectivity index (χ2v) is 5.28. The number of halogens is 1. The van der Waals surface area contributed by atoms with Crippen LogP contribution in [0.3, 0.4) is 0 Å². The molecule has 0 radical (unpaired) electrons. The summed E-state index contributed by atoms with van der Waals surface area (Å²) in [5, 5.41) is 6.48. The molecule has 0 bridgehead atoms. The van der Waals surface area contributed by atoms with Gasteiger partial charge in [-0.1, -0.05) is 28.1 Å². The lowest BCUT2D eigenvalue weighted by molar-refractivity contribution is 0.867.